The van der Waals surface area contributed by atoms with Crippen LogP contribution in [0.4, 0.5) is 11.4 Å². The first-order chi connectivity index (χ1) is 8.59. The van der Waals surface area contributed by atoms with Crippen molar-refractivity contribution in [2.45, 2.75) is 12.8 Å². The molecule has 1 fully saturated rings. The van der Waals surface area contributed by atoms with Crippen molar-refractivity contribution >= 4 is 45.6 Å². The molecule has 18 heavy (non-hydrogen) atoms. The summed E-state index contributed by atoms with van der Waals surface area (Å²) in [6.45, 7) is 0. The quantitative estimate of drug-likeness (QED) is 0.474. The van der Waals surface area contributed by atoms with E-state index < -0.39 is 4.92 Å². The van der Waals surface area contributed by atoms with Gasteiger partial charge in [0.15, 0.2) is 0 Å². The molecule has 1 saturated heterocycles. The molecule has 1 aromatic rings. The Morgan fingerprint density at radius 1 is 1.33 bits per heavy atom. The van der Waals surface area contributed by atoms with Gasteiger partial charge in [0.1, 0.15) is 4.32 Å². The van der Waals surface area contributed by atoms with Crippen LogP contribution in [0, 0.1) is 10.1 Å². The van der Waals surface area contributed by atoms with Gasteiger partial charge in [0.2, 0.25) is 5.91 Å². The van der Waals surface area contributed by atoms with Crippen LogP contribution in [0.1, 0.15) is 12.8 Å². The standard InChI is InChI=1S/C11H10N2O3S2/c14-10-2-1-7-18-11(17)12(10)8-3-5-9(6-4-8)13(15)16/h3-6H,1-2,7H2. The van der Waals surface area contributed by atoms with Crippen LogP contribution in [0.15, 0.2) is 24.3 Å². The Morgan fingerprint density at radius 3 is 2.61 bits per heavy atom. The molecule has 1 aliphatic rings. The summed E-state index contributed by atoms with van der Waals surface area (Å²) in [6.07, 6.45) is 1.25. The number of nitro benzene ring substituents is 1. The Bertz CT molecular complexity index is 484. The molecular weight excluding hydrogens is 272 g/mol. The summed E-state index contributed by atoms with van der Waals surface area (Å²) in [6, 6.07) is 5.85. The van der Waals surface area contributed by atoms with Crippen LogP contribution in [0.3, 0.4) is 0 Å². The predicted molar refractivity (Wildman–Crippen MR) is 74.9 cm³/mol. The van der Waals surface area contributed by atoms with Crippen molar-refractivity contribution in [1.29, 1.82) is 0 Å². The highest BCUT2D eigenvalue weighted by Gasteiger charge is 2.23. The number of carbonyl (C=O) groups excluding carboxylic acids is 1. The molecule has 7 heteroatoms. The molecule has 0 saturated carbocycles. The van der Waals surface area contributed by atoms with Crippen molar-refractivity contribution in [3.05, 3.63) is 34.4 Å². The van der Waals surface area contributed by atoms with Gasteiger partial charge < -0.3 is 0 Å². The van der Waals surface area contributed by atoms with Gasteiger partial charge >= 0.3 is 0 Å². The maximum Gasteiger partial charge on any atom is 0.269 e. The molecular formula is C11H10N2O3S2. The summed E-state index contributed by atoms with van der Waals surface area (Å²) in [7, 11) is 0. The highest BCUT2D eigenvalue weighted by molar-refractivity contribution is 8.23. The van der Waals surface area contributed by atoms with Crippen LogP contribution < -0.4 is 4.90 Å². The molecule has 0 spiro atoms. The van der Waals surface area contributed by atoms with E-state index in [-0.39, 0.29) is 11.6 Å². The zero-order valence-corrected chi connectivity index (χ0v) is 11.0. The molecule has 2 rings (SSSR count). The van der Waals surface area contributed by atoms with Gasteiger partial charge in [-0.1, -0.05) is 24.0 Å². The highest BCUT2D eigenvalue weighted by Crippen LogP contribution is 2.26. The maximum absolute atomic E-state index is 11.9. The lowest BCUT2D eigenvalue weighted by molar-refractivity contribution is -0.384. The number of thiocarbonyl (C=S) groups is 1. The van der Waals surface area contributed by atoms with E-state index in [0.717, 1.165) is 12.2 Å². The van der Waals surface area contributed by atoms with Gasteiger partial charge in [0, 0.05) is 24.3 Å². The van der Waals surface area contributed by atoms with Crippen molar-refractivity contribution in [2.75, 3.05) is 10.7 Å². The predicted octanol–water partition coefficient (Wildman–Crippen LogP) is 2.74. The fourth-order valence-corrected chi connectivity index (χ4v) is 2.89. The maximum atomic E-state index is 11.9. The summed E-state index contributed by atoms with van der Waals surface area (Å²) >= 11 is 6.65. The number of non-ortho nitro benzene ring substituents is 1. The molecule has 0 atom stereocenters. The van der Waals surface area contributed by atoms with Gasteiger partial charge in [-0.25, -0.2) is 0 Å². The minimum atomic E-state index is -0.471. The Kier molecular flexibility index (Phi) is 3.93. The van der Waals surface area contributed by atoms with Gasteiger partial charge in [0.25, 0.3) is 5.69 Å². The average Bonchev–Trinajstić information content (AvgIpc) is 2.51. The molecule has 1 amide bonds. The van der Waals surface area contributed by atoms with Crippen LogP contribution in [-0.4, -0.2) is 20.9 Å². The fraction of sp³-hybridized carbons (Fsp3) is 0.273. The van der Waals surface area contributed by atoms with E-state index in [1.807, 2.05) is 0 Å². The highest BCUT2D eigenvalue weighted by atomic mass is 32.2. The number of benzene rings is 1. The molecule has 0 aliphatic carbocycles. The van der Waals surface area contributed by atoms with Crippen molar-refractivity contribution in [2.24, 2.45) is 0 Å². The molecule has 1 aliphatic heterocycles. The lowest BCUT2D eigenvalue weighted by atomic mass is 10.2. The Hall–Kier alpha value is -1.47. The molecule has 94 valence electrons. The normalized spacial score (nSPS) is 16.6. The largest absolute Gasteiger partial charge is 0.274 e. The first kappa shape index (κ1) is 13.0. The molecule has 5 nitrogen and oxygen atoms in total. The third kappa shape index (κ3) is 2.68. The van der Waals surface area contributed by atoms with Crippen molar-refractivity contribution in [1.82, 2.24) is 0 Å². The van der Waals surface area contributed by atoms with Crippen LogP contribution in [0.25, 0.3) is 0 Å². The summed E-state index contributed by atoms with van der Waals surface area (Å²) in [5.41, 5.74) is 0.588. The summed E-state index contributed by atoms with van der Waals surface area (Å²) in [5, 5.41) is 10.6. The van der Waals surface area contributed by atoms with Gasteiger partial charge in [0.05, 0.1) is 10.6 Å². The molecule has 1 aromatic carbocycles. The zero-order valence-electron chi connectivity index (χ0n) is 9.37. The van der Waals surface area contributed by atoms with E-state index in [1.54, 1.807) is 12.1 Å². The Morgan fingerprint density at radius 2 is 2.00 bits per heavy atom. The van der Waals surface area contributed by atoms with E-state index >= 15 is 0 Å². The lowest BCUT2D eigenvalue weighted by Crippen LogP contribution is -2.32. The van der Waals surface area contributed by atoms with E-state index in [0.29, 0.717) is 16.4 Å². The molecule has 1 heterocycles. The topological polar surface area (TPSA) is 63.5 Å². The second-order valence-electron chi connectivity index (χ2n) is 3.72. The van der Waals surface area contributed by atoms with Crippen LogP contribution in [0.2, 0.25) is 0 Å². The number of hydrogen-bond acceptors (Lipinski definition) is 5. The number of amides is 1. The molecule has 0 unspecified atom stereocenters. The third-order valence-corrected chi connectivity index (χ3v) is 3.97. The Labute approximate surface area is 113 Å². The fourth-order valence-electron chi connectivity index (χ4n) is 1.63. The summed E-state index contributed by atoms with van der Waals surface area (Å²) in [5.74, 6) is 0.771. The van der Waals surface area contributed by atoms with Crippen LogP contribution in [-0.2, 0) is 4.79 Å². The molecule has 0 bridgehead atoms. The average molecular weight is 282 g/mol. The Balaban J connectivity index is 2.30. The number of hydrogen-bond donors (Lipinski definition) is 0. The molecule has 0 N–H and O–H groups in total. The number of nitro groups is 1. The van der Waals surface area contributed by atoms with Crippen molar-refractivity contribution in [3.63, 3.8) is 0 Å². The van der Waals surface area contributed by atoms with Gasteiger partial charge in [-0.15, -0.1) is 0 Å². The molecule has 0 aromatic heterocycles. The number of anilines is 1. The van der Waals surface area contributed by atoms with E-state index in [1.165, 1.54) is 28.8 Å². The first-order valence-electron chi connectivity index (χ1n) is 5.34. The third-order valence-electron chi connectivity index (χ3n) is 2.51. The van der Waals surface area contributed by atoms with E-state index in [9.17, 15) is 14.9 Å². The van der Waals surface area contributed by atoms with E-state index in [2.05, 4.69) is 0 Å². The minimum Gasteiger partial charge on any atom is -0.274 e. The first-order valence-corrected chi connectivity index (χ1v) is 6.73. The minimum absolute atomic E-state index is 0.000377. The smallest absolute Gasteiger partial charge is 0.269 e. The second-order valence-corrected chi connectivity index (χ2v) is 5.45. The van der Waals surface area contributed by atoms with Gasteiger partial charge in [-0.2, -0.15) is 0 Å². The van der Waals surface area contributed by atoms with Crippen molar-refractivity contribution < 1.29 is 9.72 Å². The van der Waals surface area contributed by atoms with E-state index in [4.69, 9.17) is 12.2 Å². The van der Waals surface area contributed by atoms with Crippen molar-refractivity contribution in [3.8, 4) is 0 Å². The summed E-state index contributed by atoms with van der Waals surface area (Å²) < 4.78 is 0.506. The van der Waals surface area contributed by atoms with Gasteiger partial charge in [-0.05, 0) is 18.6 Å². The number of carbonyl (C=O) groups is 1. The number of nitrogens with zero attached hydrogens (tertiary/aromatic N) is 2. The second kappa shape index (κ2) is 5.45. The number of thioether (sulfide) groups is 1. The van der Waals surface area contributed by atoms with Gasteiger partial charge in [-0.3, -0.25) is 19.8 Å². The monoisotopic (exact) mass is 282 g/mol. The summed E-state index contributed by atoms with van der Waals surface area (Å²) in [4.78, 5) is 23.5. The van der Waals surface area contributed by atoms with Crippen LogP contribution >= 0.6 is 24.0 Å². The van der Waals surface area contributed by atoms with Crippen LogP contribution in [0.5, 0.6) is 0 Å². The lowest BCUT2D eigenvalue weighted by Gasteiger charge is -2.20. The zero-order chi connectivity index (χ0) is 13.1. The SMILES string of the molecule is O=C1CCCSC(=S)N1c1ccc([N+](=O)[O-])cc1. The number of rotatable bonds is 2. The molecule has 0 radical (unpaired) electrons.